The molecular formula is C15H16N4O. The number of nitriles is 1. The summed E-state index contributed by atoms with van der Waals surface area (Å²) in [6, 6.07) is 11.6. The Morgan fingerprint density at radius 1 is 1.45 bits per heavy atom. The molecule has 0 saturated carbocycles. The third-order valence-corrected chi connectivity index (χ3v) is 3.14. The third kappa shape index (κ3) is 3.45. The number of aryl methyl sites for hydroxylation is 1. The Morgan fingerprint density at radius 2 is 2.20 bits per heavy atom. The predicted octanol–water partition coefficient (Wildman–Crippen LogP) is 1.72. The van der Waals surface area contributed by atoms with Gasteiger partial charge in [0.2, 0.25) is 5.91 Å². The molecule has 0 saturated heterocycles. The Labute approximate surface area is 117 Å². The predicted molar refractivity (Wildman–Crippen MR) is 74.4 cm³/mol. The van der Waals surface area contributed by atoms with Gasteiger partial charge in [0, 0.05) is 17.8 Å². The summed E-state index contributed by atoms with van der Waals surface area (Å²) in [7, 11) is 0. The van der Waals surface area contributed by atoms with Gasteiger partial charge in [-0.25, -0.2) is 0 Å². The van der Waals surface area contributed by atoms with Gasteiger partial charge in [-0.15, -0.1) is 0 Å². The molecule has 1 amide bonds. The molecule has 102 valence electrons. The van der Waals surface area contributed by atoms with Crippen LogP contribution in [0.3, 0.4) is 0 Å². The standard InChI is InChI=1S/C15H16N4O/c1-11-14(10-18-19-11)9-17-15(20)13(8-16)7-12-5-3-2-4-6-12/h2-6,10,13H,7,9H2,1H3,(H,17,20)(H,18,19). The van der Waals surface area contributed by atoms with Crippen molar-refractivity contribution >= 4 is 5.91 Å². The molecule has 1 aromatic carbocycles. The monoisotopic (exact) mass is 268 g/mol. The van der Waals surface area contributed by atoms with Gasteiger partial charge in [0.15, 0.2) is 0 Å². The highest BCUT2D eigenvalue weighted by molar-refractivity contribution is 5.81. The van der Waals surface area contributed by atoms with Gasteiger partial charge in [0.05, 0.1) is 12.3 Å². The number of H-pyrrole nitrogens is 1. The summed E-state index contributed by atoms with van der Waals surface area (Å²) in [6.45, 7) is 2.27. The Bertz CT molecular complexity index is 612. The second-order valence-electron chi connectivity index (χ2n) is 4.61. The van der Waals surface area contributed by atoms with E-state index < -0.39 is 5.92 Å². The molecule has 5 heteroatoms. The summed E-state index contributed by atoms with van der Waals surface area (Å²) in [6.07, 6.45) is 2.10. The van der Waals surface area contributed by atoms with Crippen LogP contribution in [0, 0.1) is 24.2 Å². The van der Waals surface area contributed by atoms with E-state index in [9.17, 15) is 4.79 Å². The Morgan fingerprint density at radius 3 is 2.80 bits per heavy atom. The fraction of sp³-hybridized carbons (Fsp3) is 0.267. The second kappa shape index (κ2) is 6.53. The molecule has 1 unspecified atom stereocenters. The Kier molecular flexibility index (Phi) is 4.51. The minimum absolute atomic E-state index is 0.253. The number of nitrogens with one attached hydrogen (secondary N) is 2. The normalized spacial score (nSPS) is 11.6. The van der Waals surface area contributed by atoms with Crippen LogP contribution in [0.4, 0.5) is 0 Å². The maximum Gasteiger partial charge on any atom is 0.237 e. The van der Waals surface area contributed by atoms with Crippen molar-refractivity contribution in [2.45, 2.75) is 19.9 Å². The molecule has 5 nitrogen and oxygen atoms in total. The lowest BCUT2D eigenvalue weighted by molar-refractivity contribution is -0.123. The number of aromatic nitrogens is 2. The topological polar surface area (TPSA) is 81.6 Å². The van der Waals surface area contributed by atoms with Crippen LogP contribution in [0.1, 0.15) is 16.8 Å². The first kappa shape index (κ1) is 13.8. The first-order valence-electron chi connectivity index (χ1n) is 6.41. The molecule has 0 aliphatic carbocycles. The highest BCUT2D eigenvalue weighted by atomic mass is 16.1. The van der Waals surface area contributed by atoms with Gasteiger partial charge in [-0.2, -0.15) is 10.4 Å². The second-order valence-corrected chi connectivity index (χ2v) is 4.61. The fourth-order valence-corrected chi connectivity index (χ4v) is 1.91. The molecule has 1 heterocycles. The maximum atomic E-state index is 12.0. The summed E-state index contributed by atoms with van der Waals surface area (Å²) < 4.78 is 0. The molecule has 2 rings (SSSR count). The van der Waals surface area contributed by atoms with Gasteiger partial charge in [-0.1, -0.05) is 30.3 Å². The minimum atomic E-state index is -0.676. The van der Waals surface area contributed by atoms with E-state index in [1.54, 1.807) is 6.20 Å². The summed E-state index contributed by atoms with van der Waals surface area (Å²) in [5.74, 6) is -0.929. The molecule has 1 atom stereocenters. The van der Waals surface area contributed by atoms with E-state index in [1.807, 2.05) is 37.3 Å². The van der Waals surface area contributed by atoms with E-state index >= 15 is 0 Å². The van der Waals surface area contributed by atoms with Gasteiger partial charge >= 0.3 is 0 Å². The highest BCUT2D eigenvalue weighted by Crippen LogP contribution is 2.09. The highest BCUT2D eigenvalue weighted by Gasteiger charge is 2.18. The first-order chi connectivity index (χ1) is 9.70. The molecule has 0 fully saturated rings. The smallest absolute Gasteiger partial charge is 0.237 e. The van der Waals surface area contributed by atoms with Gasteiger partial charge in [-0.05, 0) is 18.9 Å². The maximum absolute atomic E-state index is 12.0. The van der Waals surface area contributed by atoms with E-state index in [4.69, 9.17) is 5.26 Å². The van der Waals surface area contributed by atoms with E-state index in [2.05, 4.69) is 21.6 Å². The fourth-order valence-electron chi connectivity index (χ4n) is 1.91. The van der Waals surface area contributed by atoms with E-state index in [0.717, 1.165) is 16.8 Å². The molecule has 0 radical (unpaired) electrons. The van der Waals surface area contributed by atoms with Crippen LogP contribution in [0.5, 0.6) is 0 Å². The largest absolute Gasteiger partial charge is 0.351 e. The number of aromatic amines is 1. The zero-order chi connectivity index (χ0) is 14.4. The zero-order valence-corrected chi connectivity index (χ0v) is 11.3. The summed E-state index contributed by atoms with van der Waals surface area (Å²) >= 11 is 0. The van der Waals surface area contributed by atoms with Crippen molar-refractivity contribution in [3.05, 3.63) is 53.3 Å². The van der Waals surface area contributed by atoms with Gasteiger partial charge in [0.25, 0.3) is 0 Å². The van der Waals surface area contributed by atoms with Crippen molar-refractivity contribution in [2.24, 2.45) is 5.92 Å². The number of carbonyl (C=O) groups is 1. The molecule has 2 aromatic rings. The van der Waals surface area contributed by atoms with Crippen molar-refractivity contribution in [2.75, 3.05) is 0 Å². The quantitative estimate of drug-likeness (QED) is 0.866. The average molecular weight is 268 g/mol. The minimum Gasteiger partial charge on any atom is -0.351 e. The van der Waals surface area contributed by atoms with Crippen LogP contribution in [0.25, 0.3) is 0 Å². The van der Waals surface area contributed by atoms with Crippen molar-refractivity contribution in [1.82, 2.24) is 15.5 Å². The SMILES string of the molecule is Cc1[nH]ncc1CNC(=O)C(C#N)Cc1ccccc1. The average Bonchev–Trinajstić information content (AvgIpc) is 2.88. The summed E-state index contributed by atoms with van der Waals surface area (Å²) in [5.41, 5.74) is 2.82. The molecule has 2 N–H and O–H groups in total. The van der Waals surface area contributed by atoms with Gasteiger partial charge in [-0.3, -0.25) is 9.89 Å². The molecule has 0 spiro atoms. The lowest BCUT2D eigenvalue weighted by Gasteiger charge is -2.10. The summed E-state index contributed by atoms with van der Waals surface area (Å²) in [5, 5.41) is 18.6. The van der Waals surface area contributed by atoms with E-state index in [-0.39, 0.29) is 5.91 Å². The molecule has 0 bridgehead atoms. The van der Waals surface area contributed by atoms with Crippen molar-refractivity contribution in [1.29, 1.82) is 5.26 Å². The molecule has 0 aliphatic rings. The van der Waals surface area contributed by atoms with Gasteiger partial charge in [0.1, 0.15) is 5.92 Å². The van der Waals surface area contributed by atoms with Gasteiger partial charge < -0.3 is 5.32 Å². The van der Waals surface area contributed by atoms with E-state index in [0.29, 0.717) is 13.0 Å². The zero-order valence-electron chi connectivity index (χ0n) is 11.3. The lowest BCUT2D eigenvalue weighted by Crippen LogP contribution is -2.30. The number of amides is 1. The van der Waals surface area contributed by atoms with Crippen molar-refractivity contribution in [3.8, 4) is 6.07 Å². The van der Waals surface area contributed by atoms with Crippen LogP contribution >= 0.6 is 0 Å². The van der Waals surface area contributed by atoms with Crippen LogP contribution in [-0.4, -0.2) is 16.1 Å². The number of carbonyl (C=O) groups excluding carboxylic acids is 1. The van der Waals surface area contributed by atoms with Crippen LogP contribution in [0.2, 0.25) is 0 Å². The molecular weight excluding hydrogens is 252 g/mol. The molecule has 1 aromatic heterocycles. The number of hydrogen-bond donors (Lipinski definition) is 2. The molecule has 20 heavy (non-hydrogen) atoms. The van der Waals surface area contributed by atoms with Crippen molar-refractivity contribution in [3.63, 3.8) is 0 Å². The number of nitrogens with zero attached hydrogens (tertiary/aromatic N) is 2. The third-order valence-electron chi connectivity index (χ3n) is 3.14. The Hall–Kier alpha value is -2.61. The summed E-state index contributed by atoms with van der Waals surface area (Å²) in [4.78, 5) is 12.0. The van der Waals surface area contributed by atoms with Crippen molar-refractivity contribution < 1.29 is 4.79 Å². The van der Waals surface area contributed by atoms with Crippen LogP contribution in [0.15, 0.2) is 36.5 Å². The lowest BCUT2D eigenvalue weighted by atomic mass is 10.00. The number of hydrogen-bond acceptors (Lipinski definition) is 3. The van der Waals surface area contributed by atoms with E-state index in [1.165, 1.54) is 0 Å². The van der Waals surface area contributed by atoms with Crippen LogP contribution < -0.4 is 5.32 Å². The number of benzene rings is 1. The first-order valence-corrected chi connectivity index (χ1v) is 6.41. The number of rotatable bonds is 5. The molecule has 0 aliphatic heterocycles. The van der Waals surface area contributed by atoms with Crippen LogP contribution in [-0.2, 0) is 17.8 Å². The Balaban J connectivity index is 1.93.